The van der Waals surface area contributed by atoms with Crippen LogP contribution in [0.15, 0.2) is 10.6 Å². The van der Waals surface area contributed by atoms with Crippen LogP contribution in [0.25, 0.3) is 0 Å². The summed E-state index contributed by atoms with van der Waals surface area (Å²) in [5.41, 5.74) is 6.41. The van der Waals surface area contributed by atoms with E-state index >= 15 is 0 Å². The Kier molecular flexibility index (Phi) is 7.30. The van der Waals surface area contributed by atoms with Gasteiger partial charge in [-0.15, -0.1) is 0 Å². The summed E-state index contributed by atoms with van der Waals surface area (Å²) < 4.78 is 5.01. The van der Waals surface area contributed by atoms with Gasteiger partial charge >= 0.3 is 0 Å². The number of nitrogens with two attached hydrogens (primary N) is 1. The molecular weight excluding hydrogens is 254 g/mol. The van der Waals surface area contributed by atoms with E-state index in [4.69, 9.17) is 10.3 Å². The zero-order valence-electron chi connectivity index (χ0n) is 12.9. The topological polar surface area (TPSA) is 72.4 Å². The molecule has 20 heavy (non-hydrogen) atoms. The summed E-state index contributed by atoms with van der Waals surface area (Å²) in [7, 11) is 1.81. The monoisotopic (exact) mass is 281 g/mol. The van der Waals surface area contributed by atoms with Gasteiger partial charge in [-0.05, 0) is 32.2 Å². The van der Waals surface area contributed by atoms with Crippen LogP contribution in [0.4, 0.5) is 0 Å². The summed E-state index contributed by atoms with van der Waals surface area (Å²) in [5.74, 6) is 1.49. The Morgan fingerprint density at radius 2 is 2.20 bits per heavy atom. The highest BCUT2D eigenvalue weighted by atomic mass is 16.5. The normalized spacial score (nSPS) is 12.4. The molecule has 0 fully saturated rings. The molecule has 1 unspecified atom stereocenters. The predicted molar refractivity (Wildman–Crippen MR) is 79.0 cm³/mol. The maximum atomic E-state index is 12.1. The summed E-state index contributed by atoms with van der Waals surface area (Å²) in [4.78, 5) is 13.8. The molecule has 0 radical (unpaired) electrons. The molecule has 1 aromatic rings. The second kappa shape index (κ2) is 8.74. The number of aromatic nitrogens is 1. The van der Waals surface area contributed by atoms with E-state index in [-0.39, 0.29) is 5.91 Å². The molecule has 2 N–H and O–H groups in total. The predicted octanol–water partition coefficient (Wildman–Crippen LogP) is 2.49. The minimum atomic E-state index is 0.156. The molecule has 5 nitrogen and oxygen atoms in total. The Bertz CT molecular complexity index is 398. The van der Waals surface area contributed by atoms with Crippen LogP contribution in [0.3, 0.4) is 0 Å². The molecule has 0 saturated heterocycles. The second-order valence-corrected chi connectivity index (χ2v) is 5.45. The first-order valence-corrected chi connectivity index (χ1v) is 7.43. The zero-order chi connectivity index (χ0) is 15.0. The molecule has 1 rings (SSSR count). The Morgan fingerprint density at radius 1 is 1.45 bits per heavy atom. The molecule has 0 aliphatic rings. The molecule has 1 heterocycles. The van der Waals surface area contributed by atoms with Gasteiger partial charge in [-0.25, -0.2) is 0 Å². The molecule has 1 amide bonds. The van der Waals surface area contributed by atoms with Gasteiger partial charge in [0, 0.05) is 19.5 Å². The Hall–Kier alpha value is -1.36. The minimum absolute atomic E-state index is 0.156. The van der Waals surface area contributed by atoms with E-state index in [2.05, 4.69) is 12.1 Å². The fraction of sp³-hybridized carbons (Fsp3) is 0.733. The number of carbonyl (C=O) groups excluding carboxylic acids is 1. The van der Waals surface area contributed by atoms with E-state index in [1.807, 2.05) is 20.0 Å². The van der Waals surface area contributed by atoms with Crippen LogP contribution >= 0.6 is 0 Å². The van der Waals surface area contributed by atoms with E-state index in [9.17, 15) is 4.79 Å². The van der Waals surface area contributed by atoms with E-state index < -0.39 is 0 Å². The van der Waals surface area contributed by atoms with Crippen molar-refractivity contribution in [3.05, 3.63) is 17.5 Å². The van der Waals surface area contributed by atoms with Crippen LogP contribution in [0, 0.1) is 12.8 Å². The Balaban J connectivity index is 2.36. The summed E-state index contributed by atoms with van der Waals surface area (Å²) in [5, 5.41) is 3.91. The van der Waals surface area contributed by atoms with Gasteiger partial charge in [0.1, 0.15) is 11.5 Å². The highest BCUT2D eigenvalue weighted by Crippen LogP contribution is 2.18. The molecule has 1 aromatic heterocycles. The SMILES string of the molecule is CCCC(CCN)CCC(=O)N(C)Cc1cc(C)on1. The fourth-order valence-corrected chi connectivity index (χ4v) is 2.42. The van der Waals surface area contributed by atoms with Crippen molar-refractivity contribution in [2.45, 2.75) is 52.5 Å². The lowest BCUT2D eigenvalue weighted by Crippen LogP contribution is -2.26. The van der Waals surface area contributed by atoms with Crippen LogP contribution < -0.4 is 5.73 Å². The van der Waals surface area contributed by atoms with Crippen molar-refractivity contribution in [1.82, 2.24) is 10.1 Å². The van der Waals surface area contributed by atoms with Gasteiger partial charge in [0.25, 0.3) is 0 Å². The van der Waals surface area contributed by atoms with Crippen LogP contribution in [-0.4, -0.2) is 29.6 Å². The summed E-state index contributed by atoms with van der Waals surface area (Å²) >= 11 is 0. The van der Waals surface area contributed by atoms with Gasteiger partial charge in [-0.3, -0.25) is 4.79 Å². The number of amides is 1. The van der Waals surface area contributed by atoms with Gasteiger partial charge in [0.2, 0.25) is 5.91 Å². The molecule has 0 aliphatic heterocycles. The van der Waals surface area contributed by atoms with Crippen molar-refractivity contribution in [2.24, 2.45) is 11.7 Å². The van der Waals surface area contributed by atoms with Gasteiger partial charge in [-0.1, -0.05) is 24.9 Å². The first kappa shape index (κ1) is 16.7. The molecule has 5 heteroatoms. The summed E-state index contributed by atoms with van der Waals surface area (Å²) in [6.45, 7) is 5.23. The third-order valence-corrected chi connectivity index (χ3v) is 3.54. The molecule has 0 aromatic carbocycles. The third kappa shape index (κ3) is 5.74. The van der Waals surface area contributed by atoms with Crippen molar-refractivity contribution < 1.29 is 9.32 Å². The van der Waals surface area contributed by atoms with Gasteiger partial charge in [0.05, 0.1) is 6.54 Å². The van der Waals surface area contributed by atoms with Gasteiger partial charge in [-0.2, -0.15) is 0 Å². The summed E-state index contributed by atoms with van der Waals surface area (Å²) in [6.07, 6.45) is 4.81. The standard InChI is InChI=1S/C15H27N3O2/c1-4-5-13(8-9-16)6-7-15(19)18(3)11-14-10-12(2)20-17-14/h10,13H,4-9,11,16H2,1-3H3. The minimum Gasteiger partial charge on any atom is -0.361 e. The van der Waals surface area contributed by atoms with Crippen molar-refractivity contribution in [2.75, 3.05) is 13.6 Å². The largest absolute Gasteiger partial charge is 0.361 e. The van der Waals surface area contributed by atoms with E-state index in [1.54, 1.807) is 4.90 Å². The molecule has 0 bridgehead atoms. The second-order valence-electron chi connectivity index (χ2n) is 5.45. The van der Waals surface area contributed by atoms with Gasteiger partial charge in [0.15, 0.2) is 0 Å². The molecule has 0 spiro atoms. The van der Waals surface area contributed by atoms with Crippen LogP contribution in [0.2, 0.25) is 0 Å². The highest BCUT2D eigenvalue weighted by molar-refractivity contribution is 5.75. The van der Waals surface area contributed by atoms with Crippen LogP contribution in [0.1, 0.15) is 50.5 Å². The average molecular weight is 281 g/mol. The fourth-order valence-electron chi connectivity index (χ4n) is 2.42. The lowest BCUT2D eigenvalue weighted by molar-refractivity contribution is -0.130. The quantitative estimate of drug-likeness (QED) is 0.754. The molecular formula is C15H27N3O2. The Labute approximate surface area is 121 Å². The zero-order valence-corrected chi connectivity index (χ0v) is 12.9. The Morgan fingerprint density at radius 3 is 2.75 bits per heavy atom. The highest BCUT2D eigenvalue weighted by Gasteiger charge is 2.14. The average Bonchev–Trinajstić information content (AvgIpc) is 2.81. The number of aryl methyl sites for hydroxylation is 1. The molecule has 1 atom stereocenters. The first-order valence-electron chi connectivity index (χ1n) is 7.43. The van der Waals surface area contributed by atoms with Crippen molar-refractivity contribution in [3.8, 4) is 0 Å². The van der Waals surface area contributed by atoms with E-state index in [0.717, 1.165) is 37.1 Å². The van der Waals surface area contributed by atoms with Crippen molar-refractivity contribution in [3.63, 3.8) is 0 Å². The van der Waals surface area contributed by atoms with E-state index in [1.165, 1.54) is 0 Å². The smallest absolute Gasteiger partial charge is 0.222 e. The van der Waals surface area contributed by atoms with Crippen LogP contribution in [-0.2, 0) is 11.3 Å². The molecule has 114 valence electrons. The number of carbonyl (C=O) groups is 1. The van der Waals surface area contributed by atoms with Crippen molar-refractivity contribution >= 4 is 5.91 Å². The first-order chi connectivity index (χ1) is 9.56. The molecule has 0 saturated carbocycles. The lowest BCUT2D eigenvalue weighted by Gasteiger charge is -2.18. The van der Waals surface area contributed by atoms with E-state index in [0.29, 0.717) is 25.4 Å². The third-order valence-electron chi connectivity index (χ3n) is 3.54. The lowest BCUT2D eigenvalue weighted by atomic mass is 9.94. The van der Waals surface area contributed by atoms with Crippen LogP contribution in [0.5, 0.6) is 0 Å². The van der Waals surface area contributed by atoms with Gasteiger partial charge < -0.3 is 15.2 Å². The summed E-state index contributed by atoms with van der Waals surface area (Å²) in [6, 6.07) is 1.86. The number of hydrogen-bond acceptors (Lipinski definition) is 4. The van der Waals surface area contributed by atoms with Crippen molar-refractivity contribution in [1.29, 1.82) is 0 Å². The number of nitrogens with zero attached hydrogens (tertiary/aromatic N) is 2. The maximum absolute atomic E-state index is 12.1. The maximum Gasteiger partial charge on any atom is 0.222 e. The number of hydrogen-bond donors (Lipinski definition) is 1. The molecule has 0 aliphatic carbocycles. The number of rotatable bonds is 9.